The molecular weight excluding hydrogens is 343 g/mol. The van der Waals surface area contributed by atoms with Gasteiger partial charge >= 0.3 is 0 Å². The lowest BCUT2D eigenvalue weighted by Crippen LogP contribution is -2.33. The van der Waals surface area contributed by atoms with Gasteiger partial charge in [-0.05, 0) is 43.3 Å². The summed E-state index contributed by atoms with van der Waals surface area (Å²) in [5.41, 5.74) is 0. The van der Waals surface area contributed by atoms with Crippen molar-refractivity contribution in [3.05, 3.63) is 91.0 Å². The first-order valence-electron chi connectivity index (χ1n) is 8.32. The molecule has 3 rings (SSSR count). The summed E-state index contributed by atoms with van der Waals surface area (Å²) in [7, 11) is 0.0197. The fourth-order valence-corrected chi connectivity index (χ4v) is 6.68. The number of carboxylic acids is 1. The average molecular weight is 366 g/mol. The predicted molar refractivity (Wildman–Crippen MR) is 108 cm³/mol. The number of rotatable bonds is 5. The van der Waals surface area contributed by atoms with Crippen LogP contribution < -0.4 is 21.0 Å². The normalized spacial score (nSPS) is 10.5. The van der Waals surface area contributed by atoms with Gasteiger partial charge in [-0.25, -0.2) is 0 Å². The standard InChI is InChI=1S/C20H20OP.C2H4O2/c1-21-17-22(18-11-5-2-6-12-18,19-13-7-3-8-14-19)20-15-9-4-10-16-20;1-2(3)4/h2-16H,17H2,1H3;1H3,(H,3,4)/q+1;/p-1. The van der Waals surface area contributed by atoms with E-state index in [0.29, 0.717) is 6.35 Å². The Morgan fingerprint density at radius 1 is 0.769 bits per heavy atom. The van der Waals surface area contributed by atoms with Crippen molar-refractivity contribution in [1.82, 2.24) is 0 Å². The maximum Gasteiger partial charge on any atom is 0.170 e. The van der Waals surface area contributed by atoms with E-state index in [1.54, 1.807) is 7.11 Å². The molecule has 0 atom stereocenters. The van der Waals surface area contributed by atoms with E-state index in [4.69, 9.17) is 14.6 Å². The number of hydrogen-bond acceptors (Lipinski definition) is 3. The molecule has 3 aromatic carbocycles. The zero-order valence-corrected chi connectivity index (χ0v) is 15.9. The van der Waals surface area contributed by atoms with E-state index in [9.17, 15) is 0 Å². The molecule has 3 nitrogen and oxygen atoms in total. The van der Waals surface area contributed by atoms with Crippen LogP contribution in [-0.4, -0.2) is 19.4 Å². The smallest absolute Gasteiger partial charge is 0.170 e. The molecule has 0 fully saturated rings. The van der Waals surface area contributed by atoms with Crippen LogP contribution in [0.2, 0.25) is 0 Å². The maximum atomic E-state index is 8.89. The van der Waals surface area contributed by atoms with Crippen molar-refractivity contribution in [2.45, 2.75) is 6.92 Å². The van der Waals surface area contributed by atoms with Crippen molar-refractivity contribution < 1.29 is 14.6 Å². The van der Waals surface area contributed by atoms with Crippen molar-refractivity contribution in [2.24, 2.45) is 0 Å². The second-order valence-electron chi connectivity index (χ2n) is 5.73. The fourth-order valence-electron chi connectivity index (χ4n) is 2.91. The summed E-state index contributed by atoms with van der Waals surface area (Å²) < 4.78 is 5.72. The molecule has 134 valence electrons. The number of methoxy groups -OCH3 is 1. The molecule has 0 radical (unpaired) electrons. The summed E-state index contributed by atoms with van der Waals surface area (Å²) >= 11 is 0. The summed E-state index contributed by atoms with van der Waals surface area (Å²) in [6.45, 7) is 0.972. The lowest BCUT2D eigenvalue weighted by molar-refractivity contribution is -0.302. The number of aliphatic carboxylic acids is 1. The fraction of sp³-hybridized carbons (Fsp3) is 0.136. The van der Waals surface area contributed by atoms with Crippen molar-refractivity contribution in [3.8, 4) is 0 Å². The second-order valence-corrected chi connectivity index (χ2v) is 9.15. The van der Waals surface area contributed by atoms with Crippen LogP contribution >= 0.6 is 7.26 Å². The number of benzene rings is 3. The van der Waals surface area contributed by atoms with Gasteiger partial charge in [-0.3, -0.25) is 0 Å². The van der Waals surface area contributed by atoms with Gasteiger partial charge in [-0.2, -0.15) is 0 Å². The van der Waals surface area contributed by atoms with E-state index in [2.05, 4.69) is 91.0 Å². The Hall–Kier alpha value is -2.48. The topological polar surface area (TPSA) is 49.4 Å². The summed E-state index contributed by atoms with van der Waals surface area (Å²) in [5.74, 6) is -1.08. The van der Waals surface area contributed by atoms with Crippen molar-refractivity contribution >= 4 is 29.1 Å². The number of carboxylic acid groups (broad SMARTS) is 1. The van der Waals surface area contributed by atoms with Crippen LogP contribution in [0.4, 0.5) is 0 Å². The molecule has 0 aliphatic heterocycles. The zero-order chi connectivity index (χ0) is 18.8. The Balaban J connectivity index is 0.000000552. The minimum Gasteiger partial charge on any atom is -0.550 e. The van der Waals surface area contributed by atoms with Gasteiger partial charge < -0.3 is 14.6 Å². The zero-order valence-electron chi connectivity index (χ0n) is 15.0. The highest BCUT2D eigenvalue weighted by molar-refractivity contribution is 7.95. The first kappa shape index (κ1) is 19.8. The van der Waals surface area contributed by atoms with Gasteiger partial charge in [0.2, 0.25) is 0 Å². The van der Waals surface area contributed by atoms with Crippen LogP contribution in [0.1, 0.15) is 6.92 Å². The first-order chi connectivity index (χ1) is 12.6. The number of ether oxygens (including phenoxy) is 1. The van der Waals surface area contributed by atoms with Crippen LogP contribution in [0.15, 0.2) is 91.0 Å². The molecule has 0 saturated heterocycles. The first-order valence-corrected chi connectivity index (χ1v) is 10.3. The summed E-state index contributed by atoms with van der Waals surface area (Å²) in [6, 6.07) is 32.3. The summed E-state index contributed by atoms with van der Waals surface area (Å²) in [4.78, 5) is 8.89. The SMILES string of the molecule is CC(=O)[O-].COC[P+](c1ccccc1)(c1ccccc1)c1ccccc1. The van der Waals surface area contributed by atoms with E-state index in [-0.39, 0.29) is 0 Å². The van der Waals surface area contributed by atoms with Crippen LogP contribution in [0, 0.1) is 0 Å². The van der Waals surface area contributed by atoms with Gasteiger partial charge in [0.1, 0.15) is 23.2 Å². The molecule has 0 heterocycles. The average Bonchev–Trinajstić information content (AvgIpc) is 2.68. The van der Waals surface area contributed by atoms with Crippen molar-refractivity contribution in [3.63, 3.8) is 0 Å². The van der Waals surface area contributed by atoms with E-state index in [1.165, 1.54) is 15.9 Å². The van der Waals surface area contributed by atoms with Crippen LogP contribution in [-0.2, 0) is 9.53 Å². The van der Waals surface area contributed by atoms with Gasteiger partial charge in [-0.15, -0.1) is 0 Å². The number of hydrogen-bond donors (Lipinski definition) is 0. The van der Waals surface area contributed by atoms with Gasteiger partial charge in [0.15, 0.2) is 6.35 Å². The highest BCUT2D eigenvalue weighted by Crippen LogP contribution is 2.54. The number of carbonyl (C=O) groups is 1. The Labute approximate surface area is 155 Å². The quantitative estimate of drug-likeness (QED) is 0.652. The molecular formula is C22H23O3P. The lowest BCUT2D eigenvalue weighted by atomic mass is 10.4. The Morgan fingerprint density at radius 2 is 1.04 bits per heavy atom. The van der Waals surface area contributed by atoms with Crippen molar-refractivity contribution in [1.29, 1.82) is 0 Å². The second kappa shape index (κ2) is 9.86. The molecule has 0 aromatic heterocycles. The van der Waals surface area contributed by atoms with Gasteiger partial charge in [-0.1, -0.05) is 54.6 Å². The molecule has 0 spiro atoms. The Bertz CT molecular complexity index is 689. The molecule has 0 amide bonds. The monoisotopic (exact) mass is 366 g/mol. The van der Waals surface area contributed by atoms with Crippen LogP contribution in [0.25, 0.3) is 0 Å². The van der Waals surface area contributed by atoms with Crippen molar-refractivity contribution in [2.75, 3.05) is 13.5 Å². The molecule has 26 heavy (non-hydrogen) atoms. The summed E-state index contributed by atoms with van der Waals surface area (Å²) in [5, 5.41) is 13.0. The predicted octanol–water partition coefficient (Wildman–Crippen LogP) is 2.34. The Morgan fingerprint density at radius 3 is 1.27 bits per heavy atom. The molecule has 0 unspecified atom stereocenters. The molecule has 4 heteroatoms. The van der Waals surface area contributed by atoms with E-state index < -0.39 is 13.2 Å². The highest BCUT2D eigenvalue weighted by atomic mass is 31.2. The van der Waals surface area contributed by atoms with Crippen LogP contribution in [0.3, 0.4) is 0 Å². The Kier molecular flexibility index (Phi) is 7.53. The summed E-state index contributed by atoms with van der Waals surface area (Å²) in [6.07, 6.45) is 0.713. The van der Waals surface area contributed by atoms with E-state index in [1.807, 2.05) is 0 Å². The molecule has 3 aromatic rings. The minimum absolute atomic E-state index is 0.713. The molecule has 0 bridgehead atoms. The lowest BCUT2D eigenvalue weighted by Gasteiger charge is -2.26. The molecule has 0 saturated carbocycles. The molecule has 0 aliphatic carbocycles. The van der Waals surface area contributed by atoms with Crippen LogP contribution in [0.5, 0.6) is 0 Å². The highest BCUT2D eigenvalue weighted by Gasteiger charge is 2.45. The maximum absolute atomic E-state index is 8.89. The third kappa shape index (κ3) is 4.78. The van der Waals surface area contributed by atoms with Gasteiger partial charge in [0, 0.05) is 13.1 Å². The largest absolute Gasteiger partial charge is 0.550 e. The minimum atomic E-state index is -1.78. The molecule has 0 N–H and O–H groups in total. The van der Waals surface area contributed by atoms with Gasteiger partial charge in [0.05, 0.1) is 0 Å². The third-order valence-electron chi connectivity index (χ3n) is 3.91. The molecule has 0 aliphatic rings. The number of carbonyl (C=O) groups excluding carboxylic acids is 1. The van der Waals surface area contributed by atoms with E-state index >= 15 is 0 Å². The van der Waals surface area contributed by atoms with E-state index in [0.717, 1.165) is 6.92 Å². The third-order valence-corrected chi connectivity index (χ3v) is 8.10. The van der Waals surface area contributed by atoms with Gasteiger partial charge in [0.25, 0.3) is 0 Å².